The first-order valence-corrected chi connectivity index (χ1v) is 8.80. The van der Waals surface area contributed by atoms with Crippen LogP contribution < -0.4 is 10.6 Å². The van der Waals surface area contributed by atoms with Crippen LogP contribution in [0.3, 0.4) is 0 Å². The highest BCUT2D eigenvalue weighted by Crippen LogP contribution is 2.28. The number of carbonyl (C=O) groups is 1. The summed E-state index contributed by atoms with van der Waals surface area (Å²) in [5.74, 6) is 0.399. The van der Waals surface area contributed by atoms with Crippen molar-refractivity contribution in [2.45, 2.75) is 27.0 Å². The summed E-state index contributed by atoms with van der Waals surface area (Å²) in [5.41, 5.74) is 1.53. The van der Waals surface area contributed by atoms with Crippen molar-refractivity contribution in [2.24, 2.45) is 0 Å². The van der Waals surface area contributed by atoms with Gasteiger partial charge in [-0.1, -0.05) is 11.6 Å². The van der Waals surface area contributed by atoms with Crippen LogP contribution in [0.1, 0.15) is 27.0 Å². The first-order valence-electron chi connectivity index (χ1n) is 8.02. The van der Waals surface area contributed by atoms with E-state index in [2.05, 4.69) is 20.7 Å². The lowest BCUT2D eigenvalue weighted by Gasteiger charge is -2.11. The monoisotopic (exact) mass is 397 g/mol. The van der Waals surface area contributed by atoms with Gasteiger partial charge in [0.2, 0.25) is 0 Å². The molecular weight excluding hydrogens is 378 g/mol. The maximum Gasteiger partial charge on any atom is 0.413 e. The molecule has 26 heavy (non-hydrogen) atoms. The number of alkyl carbamates (subject to hydrolysis) is 1. The van der Waals surface area contributed by atoms with Crippen molar-refractivity contribution in [3.05, 3.63) is 29.7 Å². The lowest BCUT2D eigenvalue weighted by molar-refractivity contribution is 0.0160. The summed E-state index contributed by atoms with van der Waals surface area (Å²) >= 11 is 11.3. The fourth-order valence-electron chi connectivity index (χ4n) is 2.12. The van der Waals surface area contributed by atoms with E-state index in [1.807, 2.05) is 20.0 Å². The van der Waals surface area contributed by atoms with Crippen LogP contribution >= 0.6 is 23.8 Å². The Morgan fingerprint density at radius 2 is 2.15 bits per heavy atom. The molecule has 1 amide bonds. The third kappa shape index (κ3) is 5.38. The number of hydrogen-bond donors (Lipinski definition) is 2. The summed E-state index contributed by atoms with van der Waals surface area (Å²) in [5, 5.41) is 9.77. The molecule has 2 aromatic heterocycles. The van der Waals surface area contributed by atoms with Gasteiger partial charge in [0, 0.05) is 23.9 Å². The van der Waals surface area contributed by atoms with E-state index in [0.717, 1.165) is 11.1 Å². The highest BCUT2D eigenvalue weighted by Gasteiger charge is 2.12. The molecule has 2 aromatic rings. The Balaban J connectivity index is 2.07. The summed E-state index contributed by atoms with van der Waals surface area (Å²) in [6.07, 6.45) is 2.72. The van der Waals surface area contributed by atoms with Crippen molar-refractivity contribution in [1.82, 2.24) is 20.1 Å². The molecule has 0 radical (unpaired) electrons. The average Bonchev–Trinajstić information content (AvgIpc) is 3.05. The molecule has 2 heterocycles. The van der Waals surface area contributed by atoms with Gasteiger partial charge in [0.05, 0.1) is 12.8 Å². The molecular formula is C16H20ClN5O3S. The van der Waals surface area contributed by atoms with Crippen molar-refractivity contribution >= 4 is 40.8 Å². The van der Waals surface area contributed by atoms with E-state index in [0.29, 0.717) is 12.4 Å². The number of pyridine rings is 1. The number of ether oxygens (including phenoxy) is 2. The molecule has 10 heteroatoms. The average molecular weight is 398 g/mol. The van der Waals surface area contributed by atoms with Gasteiger partial charge < -0.3 is 14.8 Å². The Bertz CT molecular complexity index is 783. The molecule has 0 aromatic carbocycles. The minimum atomic E-state index is -0.636. The lowest BCUT2D eigenvalue weighted by atomic mass is 10.2. The summed E-state index contributed by atoms with van der Waals surface area (Å²) < 4.78 is 12.0. The van der Waals surface area contributed by atoms with Crippen LogP contribution in [0, 0.1) is 0 Å². The van der Waals surface area contributed by atoms with Crippen molar-refractivity contribution in [3.63, 3.8) is 0 Å². The Morgan fingerprint density at radius 3 is 2.81 bits per heavy atom. The Kier molecular flexibility index (Phi) is 7.31. The summed E-state index contributed by atoms with van der Waals surface area (Å²) in [6.45, 7) is 6.38. The first-order chi connectivity index (χ1) is 12.4. The second-order valence-corrected chi connectivity index (χ2v) is 5.86. The van der Waals surface area contributed by atoms with Crippen LogP contribution in [0.25, 0.3) is 11.1 Å². The summed E-state index contributed by atoms with van der Waals surface area (Å²) in [4.78, 5) is 15.6. The van der Waals surface area contributed by atoms with Gasteiger partial charge >= 0.3 is 6.09 Å². The first kappa shape index (κ1) is 20.1. The van der Waals surface area contributed by atoms with Crippen LogP contribution in [0.2, 0.25) is 5.15 Å². The minimum absolute atomic E-state index is 0.0677. The number of aromatic nitrogens is 3. The Morgan fingerprint density at radius 1 is 1.38 bits per heavy atom. The number of nitrogens with zero attached hydrogens (tertiary/aromatic N) is 3. The van der Waals surface area contributed by atoms with Gasteiger partial charge in [-0.3, -0.25) is 5.32 Å². The van der Waals surface area contributed by atoms with Crippen LogP contribution in [0.15, 0.2) is 24.5 Å². The third-order valence-corrected chi connectivity index (χ3v) is 3.77. The van der Waals surface area contributed by atoms with Crippen LogP contribution in [-0.2, 0) is 9.47 Å². The fourth-order valence-corrected chi connectivity index (χ4v) is 2.57. The van der Waals surface area contributed by atoms with Crippen molar-refractivity contribution in [1.29, 1.82) is 0 Å². The highest BCUT2D eigenvalue weighted by molar-refractivity contribution is 7.80. The molecule has 0 spiro atoms. The summed E-state index contributed by atoms with van der Waals surface area (Å²) in [6, 6.07) is 3.49. The molecule has 2 rings (SSSR count). The van der Waals surface area contributed by atoms with E-state index in [1.54, 1.807) is 29.9 Å². The zero-order valence-electron chi connectivity index (χ0n) is 14.7. The quantitative estimate of drug-likeness (QED) is 0.568. The molecule has 1 atom stereocenters. The van der Waals surface area contributed by atoms with Gasteiger partial charge in [0.1, 0.15) is 17.2 Å². The number of halogens is 1. The second kappa shape index (κ2) is 9.46. The molecule has 1 unspecified atom stereocenters. The molecule has 140 valence electrons. The number of hydrogen-bond acceptors (Lipinski definition) is 6. The van der Waals surface area contributed by atoms with E-state index < -0.39 is 6.09 Å². The molecule has 0 aliphatic heterocycles. The molecule has 0 aliphatic carbocycles. The summed E-state index contributed by atoms with van der Waals surface area (Å²) in [7, 11) is 0. The SMILES string of the molecule is CCOC(=O)NC(=S)Nc1ccc(-c2cnn(C(C)OCC)c2)c(Cl)n1. The van der Waals surface area contributed by atoms with E-state index in [9.17, 15) is 4.79 Å². The molecule has 0 bridgehead atoms. The van der Waals surface area contributed by atoms with E-state index in [4.69, 9.17) is 33.3 Å². The Labute approximate surface area is 161 Å². The van der Waals surface area contributed by atoms with Gasteiger partial charge in [-0.2, -0.15) is 5.10 Å². The topological polar surface area (TPSA) is 90.3 Å². The fraction of sp³-hybridized carbons (Fsp3) is 0.375. The number of anilines is 1. The third-order valence-electron chi connectivity index (χ3n) is 3.27. The smallest absolute Gasteiger partial charge is 0.413 e. The highest BCUT2D eigenvalue weighted by atomic mass is 35.5. The number of carbonyl (C=O) groups excluding carboxylic acids is 1. The molecule has 0 saturated heterocycles. The normalized spacial score (nSPS) is 11.7. The van der Waals surface area contributed by atoms with Gasteiger partial charge in [-0.05, 0) is 45.1 Å². The zero-order chi connectivity index (χ0) is 19.1. The predicted octanol–water partition coefficient (Wildman–Crippen LogP) is 3.60. The second-order valence-electron chi connectivity index (χ2n) is 5.10. The number of nitrogens with one attached hydrogen (secondary N) is 2. The van der Waals surface area contributed by atoms with Crippen LogP contribution in [0.5, 0.6) is 0 Å². The molecule has 8 nitrogen and oxygen atoms in total. The van der Waals surface area contributed by atoms with Crippen molar-refractivity contribution in [2.75, 3.05) is 18.5 Å². The van der Waals surface area contributed by atoms with Crippen molar-refractivity contribution < 1.29 is 14.3 Å². The minimum Gasteiger partial charge on any atom is -0.450 e. The van der Waals surface area contributed by atoms with Gasteiger partial charge in [0.15, 0.2) is 5.11 Å². The molecule has 0 saturated carbocycles. The maximum absolute atomic E-state index is 11.3. The van der Waals surface area contributed by atoms with Gasteiger partial charge in [-0.15, -0.1) is 0 Å². The van der Waals surface area contributed by atoms with E-state index >= 15 is 0 Å². The zero-order valence-corrected chi connectivity index (χ0v) is 16.2. The standard InChI is InChI=1S/C16H20ClN5O3S/c1-4-24-10(3)22-9-11(8-18-22)12-6-7-13(19-14(12)17)20-15(26)21-16(23)25-5-2/h6-10H,4-5H2,1-3H3,(H2,19,20,21,23,26). The molecule has 0 fully saturated rings. The van der Waals surface area contributed by atoms with E-state index in [1.165, 1.54) is 0 Å². The van der Waals surface area contributed by atoms with Crippen molar-refractivity contribution in [3.8, 4) is 11.1 Å². The number of amides is 1. The largest absolute Gasteiger partial charge is 0.450 e. The predicted molar refractivity (Wildman–Crippen MR) is 103 cm³/mol. The van der Waals surface area contributed by atoms with Gasteiger partial charge in [0.25, 0.3) is 0 Å². The number of thiocarbonyl (C=S) groups is 1. The van der Waals surface area contributed by atoms with Crippen LogP contribution in [-0.4, -0.2) is 39.2 Å². The molecule has 0 aliphatic rings. The lowest BCUT2D eigenvalue weighted by Crippen LogP contribution is -2.34. The van der Waals surface area contributed by atoms with E-state index in [-0.39, 0.29) is 23.1 Å². The molecule has 2 N–H and O–H groups in total. The number of rotatable bonds is 6. The maximum atomic E-state index is 11.3. The van der Waals surface area contributed by atoms with Gasteiger partial charge in [-0.25, -0.2) is 14.5 Å². The Hall–Kier alpha value is -2.23. The van der Waals surface area contributed by atoms with Crippen LogP contribution in [0.4, 0.5) is 10.6 Å².